The molecule has 2 aromatic rings. The van der Waals surface area contributed by atoms with Gasteiger partial charge in [-0.05, 0) is 48.4 Å². The van der Waals surface area contributed by atoms with Crippen LogP contribution in [0.4, 0.5) is 13.2 Å². The molecule has 5 nitrogen and oxygen atoms in total. The van der Waals surface area contributed by atoms with E-state index in [0.29, 0.717) is 42.7 Å². The summed E-state index contributed by atoms with van der Waals surface area (Å²) in [6, 6.07) is 7.71. The highest BCUT2D eigenvalue weighted by Crippen LogP contribution is 2.38. The molecule has 2 aromatic carbocycles. The van der Waals surface area contributed by atoms with Crippen molar-refractivity contribution in [1.82, 2.24) is 5.32 Å². The monoisotopic (exact) mass is 415 g/mol. The molecule has 1 aliphatic rings. The van der Waals surface area contributed by atoms with Gasteiger partial charge in [0.15, 0.2) is 18.1 Å². The van der Waals surface area contributed by atoms with Gasteiger partial charge in [0.2, 0.25) is 0 Å². The van der Waals surface area contributed by atoms with Gasteiger partial charge in [0, 0.05) is 6.54 Å². The number of nitrogens with one attached hydrogen (secondary N) is 1. The van der Waals surface area contributed by atoms with E-state index in [1.54, 1.807) is 6.07 Å². The first-order chi connectivity index (χ1) is 13.3. The molecule has 1 amide bonds. The first-order valence-corrected chi connectivity index (χ1v) is 8.85. The molecule has 0 aromatic heterocycles. The first kappa shape index (κ1) is 20.1. The Bertz CT molecular complexity index is 840. The van der Waals surface area contributed by atoms with Crippen molar-refractivity contribution in [3.63, 3.8) is 0 Å². The number of halogens is 4. The summed E-state index contributed by atoms with van der Waals surface area (Å²) in [5.74, 6) is 0.890. The lowest BCUT2D eigenvalue weighted by atomic mass is 10.1. The number of benzene rings is 2. The van der Waals surface area contributed by atoms with Crippen molar-refractivity contribution in [1.29, 1.82) is 0 Å². The Hall–Kier alpha value is -2.61. The fraction of sp³-hybridized carbons (Fsp3) is 0.316. The molecule has 1 N–H and O–H groups in total. The van der Waals surface area contributed by atoms with Gasteiger partial charge in [0.25, 0.3) is 5.91 Å². The van der Waals surface area contributed by atoms with Gasteiger partial charge in [-0.25, -0.2) is 0 Å². The van der Waals surface area contributed by atoms with Crippen molar-refractivity contribution < 1.29 is 32.2 Å². The van der Waals surface area contributed by atoms with Crippen molar-refractivity contribution >= 4 is 17.5 Å². The zero-order valence-electron chi connectivity index (χ0n) is 14.6. The van der Waals surface area contributed by atoms with Crippen molar-refractivity contribution in [2.24, 2.45) is 0 Å². The number of rotatable bonds is 6. The summed E-state index contributed by atoms with van der Waals surface area (Å²) in [6.07, 6.45) is -3.89. The van der Waals surface area contributed by atoms with Crippen molar-refractivity contribution in [3.05, 3.63) is 52.5 Å². The number of carbonyl (C=O) groups excluding carboxylic acids is 1. The van der Waals surface area contributed by atoms with Gasteiger partial charge in [0.1, 0.15) is 19.0 Å². The molecule has 0 fully saturated rings. The molecule has 1 aliphatic heterocycles. The van der Waals surface area contributed by atoms with Crippen molar-refractivity contribution in [3.8, 4) is 17.2 Å². The van der Waals surface area contributed by atoms with Gasteiger partial charge in [-0.2, -0.15) is 13.2 Å². The third-order valence-corrected chi connectivity index (χ3v) is 4.22. The molecule has 0 radical (unpaired) electrons. The number of alkyl halides is 3. The quantitative estimate of drug-likeness (QED) is 0.778. The lowest BCUT2D eigenvalue weighted by molar-refractivity contribution is -0.137. The highest BCUT2D eigenvalue weighted by molar-refractivity contribution is 6.32. The summed E-state index contributed by atoms with van der Waals surface area (Å²) in [5.41, 5.74) is 0.0978. The van der Waals surface area contributed by atoms with Crippen LogP contribution in [0.2, 0.25) is 5.02 Å². The van der Waals surface area contributed by atoms with E-state index in [4.69, 9.17) is 25.8 Å². The molecule has 9 heteroatoms. The molecule has 0 unspecified atom stereocenters. The highest BCUT2D eigenvalue weighted by atomic mass is 35.5. The zero-order valence-corrected chi connectivity index (χ0v) is 15.4. The SMILES string of the molecule is O=C(COc1ccc(C(F)(F)F)cc1)NCCc1cc(Cl)c2c(c1)OCCO2. The number of ether oxygens (including phenoxy) is 3. The standard InChI is InChI=1S/C19H17ClF3NO4/c20-15-9-12(10-16-18(15)27-8-7-26-16)5-6-24-17(25)11-28-14-3-1-13(2-4-14)19(21,22)23/h1-4,9-10H,5-8,11H2,(H,24,25). The zero-order chi connectivity index (χ0) is 20.1. The second-order valence-electron chi connectivity index (χ2n) is 6.01. The van der Waals surface area contributed by atoms with Gasteiger partial charge in [-0.1, -0.05) is 11.6 Å². The molecule has 0 saturated carbocycles. The van der Waals surface area contributed by atoms with Crippen LogP contribution in [0.3, 0.4) is 0 Å². The van der Waals surface area contributed by atoms with Crippen LogP contribution in [0, 0.1) is 0 Å². The lowest BCUT2D eigenvalue weighted by Crippen LogP contribution is -2.30. The minimum Gasteiger partial charge on any atom is -0.486 e. The normalized spacial score (nSPS) is 13.1. The van der Waals surface area contributed by atoms with E-state index >= 15 is 0 Å². The molecule has 150 valence electrons. The fourth-order valence-electron chi connectivity index (χ4n) is 2.59. The summed E-state index contributed by atoms with van der Waals surface area (Å²) in [5, 5.41) is 3.13. The number of amides is 1. The largest absolute Gasteiger partial charge is 0.486 e. The predicted molar refractivity (Wildman–Crippen MR) is 96.1 cm³/mol. The van der Waals surface area contributed by atoms with Gasteiger partial charge in [-0.15, -0.1) is 0 Å². The van der Waals surface area contributed by atoms with Crippen LogP contribution < -0.4 is 19.5 Å². The first-order valence-electron chi connectivity index (χ1n) is 8.48. The minimum absolute atomic E-state index is 0.182. The second-order valence-corrected chi connectivity index (χ2v) is 6.42. The van der Waals surface area contributed by atoms with Gasteiger partial charge in [0.05, 0.1) is 10.6 Å². The summed E-state index contributed by atoms with van der Waals surface area (Å²) in [7, 11) is 0. The van der Waals surface area contributed by atoms with Crippen LogP contribution in [0.25, 0.3) is 0 Å². The lowest BCUT2D eigenvalue weighted by Gasteiger charge is -2.20. The van der Waals surface area contributed by atoms with E-state index in [2.05, 4.69) is 5.32 Å². The van der Waals surface area contributed by atoms with E-state index in [9.17, 15) is 18.0 Å². The van der Waals surface area contributed by atoms with Crippen LogP contribution in [0.15, 0.2) is 36.4 Å². The average molecular weight is 416 g/mol. The number of hydrogen-bond donors (Lipinski definition) is 1. The van der Waals surface area contributed by atoms with Crippen LogP contribution in [-0.2, 0) is 17.4 Å². The topological polar surface area (TPSA) is 56.8 Å². The number of fused-ring (bicyclic) bond motifs is 1. The Balaban J connectivity index is 1.44. The van der Waals surface area contributed by atoms with E-state index in [1.807, 2.05) is 6.07 Å². The fourth-order valence-corrected chi connectivity index (χ4v) is 2.88. The summed E-state index contributed by atoms with van der Waals surface area (Å²) in [6.45, 7) is 0.935. The highest BCUT2D eigenvalue weighted by Gasteiger charge is 2.30. The Kier molecular flexibility index (Phi) is 6.18. The number of carbonyl (C=O) groups is 1. The van der Waals surface area contributed by atoms with E-state index in [0.717, 1.165) is 17.7 Å². The van der Waals surface area contributed by atoms with Crippen LogP contribution in [0.1, 0.15) is 11.1 Å². The molecule has 3 rings (SSSR count). The molecule has 0 saturated heterocycles. The molecule has 0 bridgehead atoms. The second kappa shape index (κ2) is 8.60. The van der Waals surface area contributed by atoms with Gasteiger partial charge in [-0.3, -0.25) is 4.79 Å². The Morgan fingerprint density at radius 1 is 1.14 bits per heavy atom. The Labute approximate surface area is 164 Å². The Morgan fingerprint density at radius 3 is 2.57 bits per heavy atom. The Morgan fingerprint density at radius 2 is 1.86 bits per heavy atom. The van der Waals surface area contributed by atoms with Crippen LogP contribution in [-0.4, -0.2) is 32.3 Å². The molecule has 28 heavy (non-hydrogen) atoms. The average Bonchev–Trinajstić information content (AvgIpc) is 2.66. The number of hydrogen-bond acceptors (Lipinski definition) is 4. The van der Waals surface area contributed by atoms with Crippen molar-refractivity contribution in [2.75, 3.05) is 26.4 Å². The maximum Gasteiger partial charge on any atom is 0.416 e. The van der Waals surface area contributed by atoms with Crippen LogP contribution >= 0.6 is 11.6 Å². The smallest absolute Gasteiger partial charge is 0.416 e. The molecule has 0 spiro atoms. The summed E-state index contributed by atoms with van der Waals surface area (Å²) >= 11 is 6.16. The van der Waals surface area contributed by atoms with Crippen LogP contribution in [0.5, 0.6) is 17.2 Å². The summed E-state index contributed by atoms with van der Waals surface area (Å²) < 4.78 is 53.7. The third kappa shape index (κ3) is 5.22. The minimum atomic E-state index is -4.41. The molecule has 1 heterocycles. The molecule has 0 aliphatic carbocycles. The maximum atomic E-state index is 12.5. The van der Waals surface area contributed by atoms with E-state index in [1.165, 1.54) is 12.1 Å². The molecular formula is C19H17ClF3NO4. The summed E-state index contributed by atoms with van der Waals surface area (Å²) in [4.78, 5) is 11.8. The van der Waals surface area contributed by atoms with E-state index < -0.39 is 11.7 Å². The van der Waals surface area contributed by atoms with Crippen molar-refractivity contribution in [2.45, 2.75) is 12.6 Å². The molecule has 0 atom stereocenters. The third-order valence-electron chi connectivity index (χ3n) is 3.94. The predicted octanol–water partition coefficient (Wildman–Crippen LogP) is 3.87. The van der Waals surface area contributed by atoms with Gasteiger partial charge < -0.3 is 19.5 Å². The van der Waals surface area contributed by atoms with Gasteiger partial charge >= 0.3 is 6.18 Å². The molecular weight excluding hydrogens is 399 g/mol. The van der Waals surface area contributed by atoms with E-state index in [-0.39, 0.29) is 18.3 Å². The maximum absolute atomic E-state index is 12.5.